The number of amides is 2. The van der Waals surface area contributed by atoms with Gasteiger partial charge in [0.1, 0.15) is 11.5 Å². The lowest BCUT2D eigenvalue weighted by atomic mass is 10.1. The van der Waals surface area contributed by atoms with Crippen LogP contribution in [0.5, 0.6) is 0 Å². The predicted octanol–water partition coefficient (Wildman–Crippen LogP) is 0.352. The molecule has 0 radical (unpaired) electrons. The van der Waals surface area contributed by atoms with Crippen LogP contribution in [0.4, 0.5) is 0 Å². The highest BCUT2D eigenvalue weighted by Crippen LogP contribution is 2.20. The van der Waals surface area contributed by atoms with Crippen molar-refractivity contribution in [3.8, 4) is 0 Å². The zero-order valence-electron chi connectivity index (χ0n) is 9.42. The number of carbonyl (C=O) groups is 2. The monoisotopic (exact) mass is 226 g/mol. The van der Waals surface area contributed by atoms with Gasteiger partial charge in [0, 0.05) is 5.56 Å². The minimum absolute atomic E-state index is 0.360. The Morgan fingerprint density at radius 3 is 2.38 bits per heavy atom. The summed E-state index contributed by atoms with van der Waals surface area (Å²) in [6.07, 6.45) is 0. The summed E-state index contributed by atoms with van der Waals surface area (Å²) in [7, 11) is 0. The van der Waals surface area contributed by atoms with E-state index < -0.39 is 11.8 Å². The van der Waals surface area contributed by atoms with Crippen LogP contribution in [0.15, 0.2) is 4.42 Å². The normalized spacial score (nSPS) is 10.2. The molecule has 0 aromatic carbocycles. The van der Waals surface area contributed by atoms with Gasteiger partial charge in [0.25, 0.3) is 5.91 Å². The maximum absolute atomic E-state index is 11.6. The molecule has 88 valence electrons. The molecule has 0 fully saturated rings. The Balaban J connectivity index is 2.70. The fourth-order valence-electron chi connectivity index (χ4n) is 1.35. The second-order valence-electron chi connectivity index (χ2n) is 3.40. The van der Waals surface area contributed by atoms with Crippen LogP contribution in [0.2, 0.25) is 0 Å². The van der Waals surface area contributed by atoms with Crippen molar-refractivity contribution < 1.29 is 18.8 Å². The Morgan fingerprint density at radius 1 is 1.31 bits per heavy atom. The number of nitrogens with two attached hydrogens (primary N) is 1. The number of aryl methyl sites for hydroxylation is 2. The molecule has 0 saturated carbocycles. The molecular formula is C10H14N2O4. The quantitative estimate of drug-likeness (QED) is 0.724. The number of rotatable bonds is 4. The number of hydrogen-bond acceptors (Lipinski definition) is 4. The van der Waals surface area contributed by atoms with Crippen molar-refractivity contribution in [1.29, 1.82) is 0 Å². The van der Waals surface area contributed by atoms with E-state index in [-0.39, 0.29) is 6.61 Å². The summed E-state index contributed by atoms with van der Waals surface area (Å²) in [5, 5.41) is 0. The van der Waals surface area contributed by atoms with Crippen LogP contribution >= 0.6 is 0 Å². The van der Waals surface area contributed by atoms with E-state index in [1.165, 1.54) is 0 Å². The third-order valence-electron chi connectivity index (χ3n) is 2.17. The molecule has 1 heterocycles. The number of primary amides is 1. The Labute approximate surface area is 92.7 Å². The zero-order chi connectivity index (χ0) is 12.3. The molecule has 6 heteroatoms. The number of furan rings is 1. The summed E-state index contributed by atoms with van der Waals surface area (Å²) < 4.78 is 5.29. The molecule has 0 spiro atoms. The van der Waals surface area contributed by atoms with E-state index in [0.717, 1.165) is 5.56 Å². The topological polar surface area (TPSA) is 94.6 Å². The first-order chi connectivity index (χ1) is 7.43. The van der Waals surface area contributed by atoms with E-state index in [9.17, 15) is 9.59 Å². The summed E-state index contributed by atoms with van der Waals surface area (Å²) in [5.74, 6) is 0.0814. The van der Waals surface area contributed by atoms with Crippen molar-refractivity contribution in [3.05, 3.63) is 22.6 Å². The van der Waals surface area contributed by atoms with Crippen molar-refractivity contribution in [3.63, 3.8) is 0 Å². The van der Waals surface area contributed by atoms with Gasteiger partial charge in [0.05, 0.1) is 5.56 Å². The largest absolute Gasteiger partial charge is 0.466 e. The summed E-state index contributed by atoms with van der Waals surface area (Å²) in [6, 6.07) is 0. The number of hydroxylamine groups is 1. The molecule has 0 aliphatic carbocycles. The molecule has 2 amide bonds. The smallest absolute Gasteiger partial charge is 0.278 e. The zero-order valence-corrected chi connectivity index (χ0v) is 9.42. The van der Waals surface area contributed by atoms with Crippen molar-refractivity contribution in [1.82, 2.24) is 5.48 Å². The van der Waals surface area contributed by atoms with E-state index in [2.05, 4.69) is 10.3 Å². The lowest BCUT2D eigenvalue weighted by Gasteiger charge is -2.03. The fraction of sp³-hybridized carbons (Fsp3) is 0.400. The number of carbonyl (C=O) groups excluding carboxylic acids is 2. The molecular weight excluding hydrogens is 212 g/mol. The van der Waals surface area contributed by atoms with Crippen LogP contribution in [-0.2, 0) is 9.63 Å². The van der Waals surface area contributed by atoms with Crippen molar-refractivity contribution >= 4 is 11.8 Å². The molecule has 0 bridgehead atoms. The first-order valence-electron chi connectivity index (χ1n) is 4.70. The molecule has 3 N–H and O–H groups in total. The van der Waals surface area contributed by atoms with E-state index in [4.69, 9.17) is 10.2 Å². The van der Waals surface area contributed by atoms with E-state index in [0.29, 0.717) is 17.1 Å². The van der Waals surface area contributed by atoms with Gasteiger partial charge in [-0.25, -0.2) is 5.48 Å². The van der Waals surface area contributed by atoms with Gasteiger partial charge in [-0.1, -0.05) is 0 Å². The molecule has 1 aromatic rings. The number of nitrogens with one attached hydrogen (secondary N) is 1. The molecule has 0 aliphatic heterocycles. The molecule has 0 unspecified atom stereocenters. The summed E-state index contributed by atoms with van der Waals surface area (Å²) in [5.41, 5.74) is 8.14. The molecule has 1 rings (SSSR count). The minimum Gasteiger partial charge on any atom is -0.466 e. The second kappa shape index (κ2) is 4.80. The van der Waals surface area contributed by atoms with Crippen molar-refractivity contribution in [2.45, 2.75) is 20.8 Å². The summed E-state index contributed by atoms with van der Waals surface area (Å²) >= 11 is 0. The van der Waals surface area contributed by atoms with E-state index in [1.54, 1.807) is 20.8 Å². The molecule has 1 aromatic heterocycles. The standard InChI is InChI=1S/C10H14N2O4/c1-5-6(2)16-7(3)9(5)10(14)12-15-4-8(11)13/h4H2,1-3H3,(H2,11,13)(H,12,14). The van der Waals surface area contributed by atoms with Crippen LogP contribution in [0, 0.1) is 20.8 Å². The van der Waals surface area contributed by atoms with Gasteiger partial charge < -0.3 is 10.2 Å². The molecule has 0 aliphatic rings. The number of hydrogen-bond donors (Lipinski definition) is 2. The second-order valence-corrected chi connectivity index (χ2v) is 3.40. The first-order valence-corrected chi connectivity index (χ1v) is 4.70. The Bertz CT molecular complexity index is 423. The highest BCUT2D eigenvalue weighted by molar-refractivity contribution is 5.96. The van der Waals surface area contributed by atoms with Gasteiger partial charge in [-0.15, -0.1) is 0 Å². The van der Waals surface area contributed by atoms with Crippen molar-refractivity contribution in [2.75, 3.05) is 6.61 Å². The third kappa shape index (κ3) is 2.60. The Kier molecular flexibility index (Phi) is 3.68. The SMILES string of the molecule is Cc1oc(C)c(C(=O)NOCC(N)=O)c1C. The van der Waals surface area contributed by atoms with Gasteiger partial charge in [0.2, 0.25) is 5.91 Å². The van der Waals surface area contributed by atoms with E-state index in [1.807, 2.05) is 0 Å². The van der Waals surface area contributed by atoms with Crippen LogP contribution < -0.4 is 11.2 Å². The Morgan fingerprint density at radius 2 is 1.94 bits per heavy atom. The third-order valence-corrected chi connectivity index (χ3v) is 2.17. The highest BCUT2D eigenvalue weighted by atomic mass is 16.7. The first kappa shape index (κ1) is 12.3. The maximum Gasteiger partial charge on any atom is 0.278 e. The van der Waals surface area contributed by atoms with Gasteiger partial charge in [-0.3, -0.25) is 14.4 Å². The summed E-state index contributed by atoms with van der Waals surface area (Å²) in [4.78, 5) is 26.6. The van der Waals surface area contributed by atoms with Crippen LogP contribution in [0.3, 0.4) is 0 Å². The lowest BCUT2D eigenvalue weighted by Crippen LogP contribution is -2.29. The van der Waals surface area contributed by atoms with Crippen LogP contribution in [-0.4, -0.2) is 18.4 Å². The average Bonchev–Trinajstić information content (AvgIpc) is 2.40. The van der Waals surface area contributed by atoms with Gasteiger partial charge >= 0.3 is 0 Å². The van der Waals surface area contributed by atoms with Crippen molar-refractivity contribution in [2.24, 2.45) is 5.73 Å². The minimum atomic E-state index is -0.655. The van der Waals surface area contributed by atoms with Crippen LogP contribution in [0.1, 0.15) is 27.4 Å². The van der Waals surface area contributed by atoms with Crippen LogP contribution in [0.25, 0.3) is 0 Å². The lowest BCUT2D eigenvalue weighted by molar-refractivity contribution is -0.124. The summed E-state index contributed by atoms with van der Waals surface area (Å²) in [6.45, 7) is 4.86. The fourth-order valence-corrected chi connectivity index (χ4v) is 1.35. The van der Waals surface area contributed by atoms with E-state index >= 15 is 0 Å². The van der Waals surface area contributed by atoms with Gasteiger partial charge in [-0.2, -0.15) is 0 Å². The van der Waals surface area contributed by atoms with Gasteiger partial charge in [0.15, 0.2) is 6.61 Å². The average molecular weight is 226 g/mol. The molecule has 6 nitrogen and oxygen atoms in total. The predicted molar refractivity (Wildman–Crippen MR) is 55.5 cm³/mol. The Hall–Kier alpha value is -1.82. The molecule has 0 saturated heterocycles. The molecule has 16 heavy (non-hydrogen) atoms. The maximum atomic E-state index is 11.6. The highest BCUT2D eigenvalue weighted by Gasteiger charge is 2.18. The molecule has 0 atom stereocenters. The van der Waals surface area contributed by atoms with Gasteiger partial charge in [-0.05, 0) is 20.8 Å².